The van der Waals surface area contributed by atoms with Gasteiger partial charge in [-0.3, -0.25) is 4.79 Å². The maximum atomic E-state index is 11.8. The Hall–Kier alpha value is -1.26. The third-order valence-electron chi connectivity index (χ3n) is 3.46. The number of likely N-dealkylation sites (N-methyl/N-ethyl adjacent to an activating group) is 1. The van der Waals surface area contributed by atoms with Gasteiger partial charge in [-0.1, -0.05) is 18.5 Å². The van der Waals surface area contributed by atoms with Crippen LogP contribution in [0, 0.1) is 0 Å². The Morgan fingerprint density at radius 1 is 1.47 bits per heavy atom. The number of anilines is 1. The topological polar surface area (TPSA) is 50.4 Å². The van der Waals surface area contributed by atoms with Crippen molar-refractivity contribution in [3.8, 4) is 5.75 Å². The fourth-order valence-electron chi connectivity index (χ4n) is 2.00. The lowest BCUT2D eigenvalue weighted by Crippen LogP contribution is -2.27. The van der Waals surface area contributed by atoms with Crippen LogP contribution in [0.1, 0.15) is 38.8 Å². The molecule has 1 atom stereocenters. The van der Waals surface area contributed by atoms with Crippen molar-refractivity contribution in [2.75, 3.05) is 12.4 Å². The molecule has 0 bridgehead atoms. The van der Waals surface area contributed by atoms with E-state index in [4.69, 9.17) is 16.3 Å². The third kappa shape index (κ3) is 2.69. The monoisotopic (exact) mass is 282 g/mol. The second-order valence-electron chi connectivity index (χ2n) is 5.30. The van der Waals surface area contributed by atoms with Crippen LogP contribution in [0.5, 0.6) is 5.75 Å². The molecule has 1 amide bonds. The van der Waals surface area contributed by atoms with Crippen LogP contribution in [0.15, 0.2) is 12.1 Å². The Kier molecular flexibility index (Phi) is 3.74. The first kappa shape index (κ1) is 14.2. The van der Waals surface area contributed by atoms with Crippen molar-refractivity contribution in [1.29, 1.82) is 0 Å². The van der Waals surface area contributed by atoms with Crippen molar-refractivity contribution < 1.29 is 9.53 Å². The van der Waals surface area contributed by atoms with Gasteiger partial charge in [-0.2, -0.15) is 0 Å². The van der Waals surface area contributed by atoms with E-state index in [1.54, 1.807) is 19.2 Å². The van der Waals surface area contributed by atoms with Gasteiger partial charge in [-0.25, -0.2) is 0 Å². The zero-order valence-corrected chi connectivity index (χ0v) is 12.4. The average molecular weight is 283 g/mol. The van der Waals surface area contributed by atoms with Crippen molar-refractivity contribution in [2.24, 2.45) is 0 Å². The highest BCUT2D eigenvalue weighted by atomic mass is 35.5. The van der Waals surface area contributed by atoms with E-state index in [0.717, 1.165) is 17.7 Å². The number of fused-ring (bicyclic) bond motifs is 1. The summed E-state index contributed by atoms with van der Waals surface area (Å²) in [6.07, 6.45) is 0.867. The van der Waals surface area contributed by atoms with Crippen molar-refractivity contribution >= 4 is 23.2 Å². The molecule has 1 aliphatic heterocycles. The van der Waals surface area contributed by atoms with Gasteiger partial charge in [0, 0.05) is 17.3 Å². The number of rotatable bonds is 4. The second kappa shape index (κ2) is 5.02. The molecule has 2 rings (SSSR count). The second-order valence-corrected chi connectivity index (χ2v) is 5.70. The first-order valence-corrected chi connectivity index (χ1v) is 6.76. The van der Waals surface area contributed by atoms with Crippen molar-refractivity contribution in [3.63, 3.8) is 0 Å². The van der Waals surface area contributed by atoms with E-state index in [-0.39, 0.29) is 17.6 Å². The van der Waals surface area contributed by atoms with Crippen LogP contribution in [0.25, 0.3) is 0 Å². The molecule has 1 aromatic rings. The predicted molar refractivity (Wildman–Crippen MR) is 76.9 cm³/mol. The summed E-state index contributed by atoms with van der Waals surface area (Å²) in [6.45, 7) is 6.07. The third-order valence-corrected chi connectivity index (χ3v) is 3.76. The number of hydrogen-bond donors (Lipinski definition) is 2. The highest BCUT2D eigenvalue weighted by molar-refractivity contribution is 6.32. The Morgan fingerprint density at radius 2 is 2.16 bits per heavy atom. The molecule has 19 heavy (non-hydrogen) atoms. The highest BCUT2D eigenvalue weighted by Crippen LogP contribution is 2.39. The minimum absolute atomic E-state index is 0.0690. The first-order valence-electron chi connectivity index (χ1n) is 6.38. The van der Waals surface area contributed by atoms with Crippen LogP contribution in [0.3, 0.4) is 0 Å². The molecular formula is C14H19ClN2O2. The molecule has 1 aliphatic rings. The van der Waals surface area contributed by atoms with Gasteiger partial charge in [0.25, 0.3) is 0 Å². The van der Waals surface area contributed by atoms with Gasteiger partial charge < -0.3 is 15.4 Å². The summed E-state index contributed by atoms with van der Waals surface area (Å²) in [5.41, 5.74) is 1.33. The van der Waals surface area contributed by atoms with E-state index in [1.165, 1.54) is 0 Å². The Bertz CT molecular complexity index is 514. The molecule has 5 heteroatoms. The quantitative estimate of drug-likeness (QED) is 0.892. The first-order chi connectivity index (χ1) is 8.88. The largest absolute Gasteiger partial charge is 0.486 e. The molecule has 0 aromatic heterocycles. The summed E-state index contributed by atoms with van der Waals surface area (Å²) in [6, 6.07) is 3.24. The van der Waals surface area contributed by atoms with Crippen LogP contribution < -0.4 is 15.4 Å². The Labute approximate surface area is 118 Å². The number of carbonyl (C=O) groups excluding carboxylic acids is 1. The SMILES string of the molecule is CCC(C)(C)Oc1cc2c(cc1Cl)C(NC)C(=O)N2. The molecule has 104 valence electrons. The van der Waals surface area contributed by atoms with E-state index < -0.39 is 0 Å². The van der Waals surface area contributed by atoms with Gasteiger partial charge in [-0.05, 0) is 33.4 Å². The molecule has 0 aliphatic carbocycles. The number of amides is 1. The molecule has 0 saturated carbocycles. The van der Waals surface area contributed by atoms with E-state index in [0.29, 0.717) is 10.8 Å². The average Bonchev–Trinajstić information content (AvgIpc) is 2.64. The highest BCUT2D eigenvalue weighted by Gasteiger charge is 2.31. The molecule has 1 unspecified atom stereocenters. The summed E-state index contributed by atoms with van der Waals surface area (Å²) in [5.74, 6) is 0.532. The Morgan fingerprint density at radius 3 is 2.74 bits per heavy atom. The summed E-state index contributed by atoms with van der Waals surface area (Å²) in [7, 11) is 1.75. The number of hydrogen-bond acceptors (Lipinski definition) is 3. The van der Waals surface area contributed by atoms with Crippen molar-refractivity contribution in [3.05, 3.63) is 22.7 Å². The van der Waals surface area contributed by atoms with Gasteiger partial charge in [0.05, 0.1) is 5.02 Å². The molecular weight excluding hydrogens is 264 g/mol. The van der Waals surface area contributed by atoms with E-state index >= 15 is 0 Å². The Balaban J connectivity index is 2.36. The molecule has 2 N–H and O–H groups in total. The smallest absolute Gasteiger partial charge is 0.246 e. The van der Waals surface area contributed by atoms with Crippen molar-refractivity contribution in [1.82, 2.24) is 5.32 Å². The zero-order chi connectivity index (χ0) is 14.2. The van der Waals surface area contributed by atoms with Gasteiger partial charge in [0.2, 0.25) is 5.91 Å². The lowest BCUT2D eigenvalue weighted by Gasteiger charge is -2.26. The summed E-state index contributed by atoms with van der Waals surface area (Å²) in [4.78, 5) is 11.8. The number of carbonyl (C=O) groups is 1. The maximum absolute atomic E-state index is 11.8. The number of ether oxygens (including phenoxy) is 1. The molecule has 1 heterocycles. The lowest BCUT2D eigenvalue weighted by atomic mass is 10.1. The molecule has 0 saturated heterocycles. The van der Waals surface area contributed by atoms with E-state index in [2.05, 4.69) is 17.6 Å². The molecule has 0 spiro atoms. The molecule has 4 nitrogen and oxygen atoms in total. The normalized spacial score (nSPS) is 18.2. The van der Waals surface area contributed by atoms with Crippen LogP contribution >= 0.6 is 11.6 Å². The van der Waals surface area contributed by atoms with Crippen LogP contribution in [-0.4, -0.2) is 18.6 Å². The summed E-state index contributed by atoms with van der Waals surface area (Å²) < 4.78 is 5.91. The van der Waals surface area contributed by atoms with Gasteiger partial charge >= 0.3 is 0 Å². The fourth-order valence-corrected chi connectivity index (χ4v) is 2.21. The van der Waals surface area contributed by atoms with E-state index in [1.807, 2.05) is 13.8 Å². The molecule has 0 fully saturated rings. The number of nitrogens with one attached hydrogen (secondary N) is 2. The van der Waals surface area contributed by atoms with Crippen LogP contribution in [0.4, 0.5) is 5.69 Å². The standard InChI is InChI=1S/C14H19ClN2O2/c1-5-14(2,3)19-11-7-10-8(6-9(11)15)12(16-4)13(18)17-10/h6-7,12,16H,5H2,1-4H3,(H,17,18). The predicted octanol–water partition coefficient (Wildman–Crippen LogP) is 3.12. The zero-order valence-electron chi connectivity index (χ0n) is 11.6. The van der Waals surface area contributed by atoms with E-state index in [9.17, 15) is 4.79 Å². The van der Waals surface area contributed by atoms with Gasteiger partial charge in [0.1, 0.15) is 17.4 Å². The van der Waals surface area contributed by atoms with Gasteiger partial charge in [-0.15, -0.1) is 0 Å². The maximum Gasteiger partial charge on any atom is 0.246 e. The minimum Gasteiger partial charge on any atom is -0.486 e. The summed E-state index contributed by atoms with van der Waals surface area (Å²) >= 11 is 6.25. The lowest BCUT2D eigenvalue weighted by molar-refractivity contribution is -0.117. The van der Waals surface area contributed by atoms with Crippen LogP contribution in [0.2, 0.25) is 5.02 Å². The minimum atomic E-state index is -0.347. The molecule has 1 aromatic carbocycles. The fraction of sp³-hybridized carbons (Fsp3) is 0.500. The number of halogens is 1. The molecule has 0 radical (unpaired) electrons. The van der Waals surface area contributed by atoms with Crippen LogP contribution in [-0.2, 0) is 4.79 Å². The van der Waals surface area contributed by atoms with Gasteiger partial charge in [0.15, 0.2) is 0 Å². The van der Waals surface area contributed by atoms with Crippen molar-refractivity contribution in [2.45, 2.75) is 38.8 Å². The number of benzene rings is 1. The summed E-state index contributed by atoms with van der Waals surface area (Å²) in [5, 5.41) is 6.32.